The molecule has 0 radical (unpaired) electrons. The first-order valence-corrected chi connectivity index (χ1v) is 11.7. The third kappa shape index (κ3) is 5.24. The van der Waals surface area contributed by atoms with Gasteiger partial charge in [-0.2, -0.15) is 0 Å². The van der Waals surface area contributed by atoms with Crippen molar-refractivity contribution in [2.24, 2.45) is 0 Å². The molecule has 0 saturated heterocycles. The van der Waals surface area contributed by atoms with Crippen molar-refractivity contribution < 1.29 is 22.7 Å². The zero-order valence-corrected chi connectivity index (χ0v) is 19.0. The lowest BCUT2D eigenvalue weighted by atomic mass is 10.2. The van der Waals surface area contributed by atoms with Crippen molar-refractivity contribution in [2.45, 2.75) is 11.4 Å². The molecule has 0 aliphatic heterocycles. The second-order valence-electron chi connectivity index (χ2n) is 7.34. The number of sulfonamides is 1. The number of carbonyl (C=O) groups excluding carboxylic acids is 1. The van der Waals surface area contributed by atoms with Crippen LogP contribution in [0.15, 0.2) is 88.8 Å². The molecule has 0 bridgehead atoms. The minimum atomic E-state index is -3.93. The first-order chi connectivity index (χ1) is 16.4. The Morgan fingerprint density at radius 2 is 1.76 bits per heavy atom. The number of anilines is 1. The fourth-order valence-electron chi connectivity index (χ4n) is 3.25. The van der Waals surface area contributed by atoms with Gasteiger partial charge in [0.25, 0.3) is 15.6 Å². The predicted octanol–water partition coefficient (Wildman–Crippen LogP) is 2.80. The summed E-state index contributed by atoms with van der Waals surface area (Å²) in [5, 5.41) is 0.296. The van der Waals surface area contributed by atoms with E-state index in [1.807, 2.05) is 30.3 Å². The van der Waals surface area contributed by atoms with Crippen molar-refractivity contribution in [3.8, 4) is 5.75 Å². The summed E-state index contributed by atoms with van der Waals surface area (Å²) in [6, 6.07) is 19.7. The lowest BCUT2D eigenvalue weighted by Crippen LogP contribution is -2.21. The molecule has 0 fully saturated rings. The van der Waals surface area contributed by atoms with Crippen molar-refractivity contribution in [3.63, 3.8) is 0 Å². The Labute approximate surface area is 195 Å². The minimum absolute atomic E-state index is 0.00862. The molecule has 0 atom stereocenters. The second-order valence-corrected chi connectivity index (χ2v) is 9.02. The highest BCUT2D eigenvalue weighted by molar-refractivity contribution is 7.92. The number of aromatic nitrogens is 2. The Bertz CT molecular complexity index is 1480. The van der Waals surface area contributed by atoms with Gasteiger partial charge in [0.1, 0.15) is 5.75 Å². The highest BCUT2D eigenvalue weighted by Crippen LogP contribution is 2.21. The quantitative estimate of drug-likeness (QED) is 0.386. The van der Waals surface area contributed by atoms with Crippen molar-refractivity contribution in [1.82, 2.24) is 9.55 Å². The first kappa shape index (κ1) is 23.0. The van der Waals surface area contributed by atoms with Gasteiger partial charge in [-0.25, -0.2) is 18.2 Å². The maximum atomic E-state index is 13.0. The van der Waals surface area contributed by atoms with Crippen molar-refractivity contribution in [1.29, 1.82) is 0 Å². The Kier molecular flexibility index (Phi) is 6.60. The number of benzene rings is 3. The number of ether oxygens (including phenoxy) is 2. The van der Waals surface area contributed by atoms with Gasteiger partial charge in [0, 0.05) is 5.69 Å². The van der Waals surface area contributed by atoms with Gasteiger partial charge < -0.3 is 9.47 Å². The zero-order chi connectivity index (χ0) is 24.1. The molecule has 1 heterocycles. The molecule has 0 amide bonds. The zero-order valence-electron chi connectivity index (χ0n) is 18.2. The van der Waals surface area contributed by atoms with Crippen molar-refractivity contribution in [2.75, 3.05) is 18.4 Å². The number of rotatable bonds is 8. The van der Waals surface area contributed by atoms with Crippen LogP contribution in [0.5, 0.6) is 5.75 Å². The number of hydrogen-bond donors (Lipinski definition) is 1. The fourth-order valence-corrected chi connectivity index (χ4v) is 4.29. The number of esters is 1. The molecule has 4 aromatic rings. The number of fused-ring (bicyclic) bond motifs is 1. The average molecular weight is 480 g/mol. The van der Waals surface area contributed by atoms with Gasteiger partial charge in [0.15, 0.2) is 6.61 Å². The molecule has 174 valence electrons. The molecule has 0 aliphatic rings. The Hall–Kier alpha value is -4.18. The Morgan fingerprint density at radius 1 is 1.03 bits per heavy atom. The lowest BCUT2D eigenvalue weighted by molar-refractivity contribution is -0.142. The normalized spacial score (nSPS) is 11.2. The smallest absolute Gasteiger partial charge is 0.343 e. The highest BCUT2D eigenvalue weighted by atomic mass is 32.2. The summed E-state index contributed by atoms with van der Waals surface area (Å²) in [6.07, 6.45) is 1.48. The van der Waals surface area contributed by atoms with Gasteiger partial charge in [-0.1, -0.05) is 30.3 Å². The third-order valence-corrected chi connectivity index (χ3v) is 6.39. The summed E-state index contributed by atoms with van der Waals surface area (Å²) in [5.41, 5.74) is 1.36. The van der Waals surface area contributed by atoms with Gasteiger partial charge in [-0.05, 0) is 48.0 Å². The molecule has 1 N–H and O–H groups in total. The van der Waals surface area contributed by atoms with E-state index in [1.54, 1.807) is 12.1 Å². The predicted molar refractivity (Wildman–Crippen MR) is 126 cm³/mol. The maximum Gasteiger partial charge on any atom is 0.343 e. The van der Waals surface area contributed by atoms with Gasteiger partial charge >= 0.3 is 5.97 Å². The molecular formula is C24H21N3O6S. The van der Waals surface area contributed by atoms with E-state index in [1.165, 1.54) is 48.3 Å². The summed E-state index contributed by atoms with van der Waals surface area (Å²) in [7, 11) is -2.69. The van der Waals surface area contributed by atoms with Crippen molar-refractivity contribution >= 4 is 32.6 Å². The lowest BCUT2D eigenvalue weighted by Gasteiger charge is -2.11. The van der Waals surface area contributed by atoms with Crippen LogP contribution in [0.1, 0.15) is 5.56 Å². The van der Waals surface area contributed by atoms with Gasteiger partial charge in [0.05, 0.1) is 35.8 Å². The van der Waals surface area contributed by atoms with E-state index in [0.29, 0.717) is 23.2 Å². The highest BCUT2D eigenvalue weighted by Gasteiger charge is 2.16. The molecule has 4 rings (SSSR count). The second kappa shape index (κ2) is 9.75. The molecular weight excluding hydrogens is 458 g/mol. The van der Waals surface area contributed by atoms with E-state index in [-0.39, 0.29) is 22.7 Å². The molecule has 0 spiro atoms. The van der Waals surface area contributed by atoms with E-state index in [9.17, 15) is 18.0 Å². The number of carbonyl (C=O) groups is 1. The SMILES string of the molecule is COC(=O)COc1ccc(S(=O)(=O)Nc2ccc3ncn(Cc4ccccc4)c(=O)c3c2)cc1. The molecule has 0 unspecified atom stereocenters. The first-order valence-electron chi connectivity index (χ1n) is 10.2. The van der Waals surface area contributed by atoms with Crippen LogP contribution in [0.4, 0.5) is 5.69 Å². The Balaban J connectivity index is 1.55. The number of hydrogen-bond acceptors (Lipinski definition) is 7. The van der Waals surface area contributed by atoms with E-state index in [2.05, 4.69) is 14.4 Å². The summed E-state index contributed by atoms with van der Waals surface area (Å²) in [6.45, 7) is 0.0662. The van der Waals surface area contributed by atoms with E-state index in [0.717, 1.165) is 5.56 Å². The molecule has 1 aromatic heterocycles. The van der Waals surface area contributed by atoms with Crippen LogP contribution in [0.3, 0.4) is 0 Å². The summed E-state index contributed by atoms with van der Waals surface area (Å²) < 4.78 is 39.3. The van der Waals surface area contributed by atoms with Crippen LogP contribution in [0.2, 0.25) is 0 Å². The summed E-state index contributed by atoms with van der Waals surface area (Å²) >= 11 is 0. The third-order valence-electron chi connectivity index (χ3n) is 4.99. The van der Waals surface area contributed by atoms with Crippen LogP contribution in [0, 0.1) is 0 Å². The van der Waals surface area contributed by atoms with Gasteiger partial charge in [0.2, 0.25) is 0 Å². The van der Waals surface area contributed by atoms with Crippen molar-refractivity contribution in [3.05, 3.63) is 95.0 Å². The van der Waals surface area contributed by atoms with E-state index < -0.39 is 16.0 Å². The monoisotopic (exact) mass is 479 g/mol. The number of methoxy groups -OCH3 is 1. The molecule has 34 heavy (non-hydrogen) atoms. The van der Waals surface area contributed by atoms with Gasteiger partial charge in [-0.3, -0.25) is 14.1 Å². The van der Waals surface area contributed by atoms with Crippen LogP contribution in [-0.2, 0) is 26.1 Å². The van der Waals surface area contributed by atoms with Crippen LogP contribution >= 0.6 is 0 Å². The summed E-state index contributed by atoms with van der Waals surface area (Å²) in [4.78, 5) is 28.5. The minimum Gasteiger partial charge on any atom is -0.482 e. The molecule has 3 aromatic carbocycles. The van der Waals surface area contributed by atoms with Crippen LogP contribution < -0.4 is 15.0 Å². The van der Waals surface area contributed by atoms with Crippen LogP contribution in [-0.4, -0.2) is 37.7 Å². The molecule has 9 nitrogen and oxygen atoms in total. The summed E-state index contributed by atoms with van der Waals surface area (Å²) in [5.74, 6) is -0.230. The van der Waals surface area contributed by atoms with Crippen LogP contribution in [0.25, 0.3) is 10.9 Å². The van der Waals surface area contributed by atoms with E-state index >= 15 is 0 Å². The number of nitrogens with zero attached hydrogens (tertiary/aromatic N) is 2. The fraction of sp³-hybridized carbons (Fsp3) is 0.125. The Morgan fingerprint density at radius 3 is 2.47 bits per heavy atom. The largest absolute Gasteiger partial charge is 0.482 e. The molecule has 10 heteroatoms. The molecule has 0 aliphatic carbocycles. The molecule has 0 saturated carbocycles. The topological polar surface area (TPSA) is 117 Å². The van der Waals surface area contributed by atoms with Gasteiger partial charge in [-0.15, -0.1) is 0 Å². The maximum absolute atomic E-state index is 13.0. The average Bonchev–Trinajstić information content (AvgIpc) is 2.85. The van der Waals surface area contributed by atoms with E-state index in [4.69, 9.17) is 4.74 Å². The number of nitrogens with one attached hydrogen (secondary N) is 1. The standard InChI is InChI=1S/C24H21N3O6S/c1-32-23(28)15-33-19-8-10-20(11-9-19)34(30,31)26-18-7-12-22-21(13-18)24(29)27(16-25-22)14-17-5-3-2-4-6-17/h2-13,16,26H,14-15H2,1H3.